The number of aryl methyl sites for hydroxylation is 1. The monoisotopic (exact) mass is 471 g/mol. The minimum Gasteiger partial charge on any atom is -0.490 e. The van der Waals surface area contributed by atoms with Crippen LogP contribution in [0, 0.1) is 0 Å². The first-order chi connectivity index (χ1) is 17.2. The second-order valence-corrected chi connectivity index (χ2v) is 9.83. The van der Waals surface area contributed by atoms with Gasteiger partial charge in [0.05, 0.1) is 0 Å². The highest BCUT2D eigenvalue weighted by Gasteiger charge is 2.23. The zero-order valence-corrected chi connectivity index (χ0v) is 21.1. The molecule has 2 fully saturated rings. The van der Waals surface area contributed by atoms with E-state index in [0.29, 0.717) is 0 Å². The van der Waals surface area contributed by atoms with Crippen molar-refractivity contribution in [1.29, 1.82) is 0 Å². The molecule has 0 atom stereocenters. The predicted octanol–water partition coefficient (Wildman–Crippen LogP) is 4.50. The first kappa shape index (κ1) is 23.8. The highest BCUT2D eigenvalue weighted by atomic mass is 16.5. The summed E-state index contributed by atoms with van der Waals surface area (Å²) in [7, 11) is 2.20. The third-order valence-electron chi connectivity index (χ3n) is 7.25. The summed E-state index contributed by atoms with van der Waals surface area (Å²) >= 11 is 0. The minimum atomic E-state index is 0.201. The lowest BCUT2D eigenvalue weighted by Crippen LogP contribution is -2.43. The summed E-state index contributed by atoms with van der Waals surface area (Å²) in [4.78, 5) is 16.4. The van der Waals surface area contributed by atoms with Gasteiger partial charge in [-0.25, -0.2) is 9.97 Å². The van der Waals surface area contributed by atoms with Crippen LogP contribution in [0.3, 0.4) is 0 Å². The Kier molecular flexibility index (Phi) is 7.60. The molecule has 0 spiro atoms. The minimum absolute atomic E-state index is 0.201. The Bertz CT molecular complexity index is 1070. The molecular formula is C29H37N5O. The van der Waals surface area contributed by atoms with Crippen molar-refractivity contribution in [2.75, 3.05) is 51.2 Å². The smallest absolute Gasteiger partial charge is 0.225 e. The van der Waals surface area contributed by atoms with Gasteiger partial charge >= 0.3 is 0 Å². The van der Waals surface area contributed by atoms with Gasteiger partial charge in [-0.15, -0.1) is 0 Å². The van der Waals surface area contributed by atoms with Crippen LogP contribution in [0.15, 0.2) is 60.9 Å². The van der Waals surface area contributed by atoms with E-state index in [1.807, 2.05) is 12.4 Å². The van der Waals surface area contributed by atoms with Gasteiger partial charge in [-0.05, 0) is 42.3 Å². The van der Waals surface area contributed by atoms with Crippen LogP contribution in [0.2, 0.25) is 0 Å². The molecule has 3 heterocycles. The maximum atomic E-state index is 6.63. The molecule has 0 radical (unpaired) electrons. The van der Waals surface area contributed by atoms with Crippen LogP contribution in [-0.2, 0) is 13.0 Å². The summed E-state index contributed by atoms with van der Waals surface area (Å²) < 4.78 is 6.63. The molecule has 3 aromatic rings. The topological polar surface area (TPSA) is 44.7 Å². The zero-order valence-electron chi connectivity index (χ0n) is 21.1. The number of nitrogens with zero attached hydrogens (tertiary/aromatic N) is 5. The second kappa shape index (κ2) is 11.2. The van der Waals surface area contributed by atoms with Gasteiger partial charge in [-0.1, -0.05) is 43.3 Å². The number of ether oxygens (including phenoxy) is 1. The van der Waals surface area contributed by atoms with Crippen molar-refractivity contribution in [3.8, 4) is 16.9 Å². The predicted molar refractivity (Wildman–Crippen MR) is 142 cm³/mol. The van der Waals surface area contributed by atoms with Crippen molar-refractivity contribution >= 4 is 5.95 Å². The Balaban J connectivity index is 1.27. The molecule has 5 rings (SSSR count). The fraction of sp³-hybridized carbons (Fsp3) is 0.448. The van der Waals surface area contributed by atoms with E-state index in [-0.39, 0.29) is 6.10 Å². The molecule has 2 saturated heterocycles. The average molecular weight is 472 g/mol. The largest absolute Gasteiger partial charge is 0.490 e. The Hall–Kier alpha value is -2.96. The van der Waals surface area contributed by atoms with Crippen LogP contribution in [0.5, 0.6) is 5.75 Å². The fourth-order valence-electron chi connectivity index (χ4n) is 4.93. The number of benzene rings is 2. The van der Waals surface area contributed by atoms with E-state index in [0.717, 1.165) is 76.8 Å². The highest BCUT2D eigenvalue weighted by Crippen LogP contribution is 2.33. The number of piperazine rings is 1. The van der Waals surface area contributed by atoms with Gasteiger partial charge in [0.25, 0.3) is 0 Å². The third kappa shape index (κ3) is 6.00. The molecular weight excluding hydrogens is 434 g/mol. The molecule has 0 amide bonds. The quantitative estimate of drug-likeness (QED) is 0.506. The lowest BCUT2D eigenvalue weighted by atomic mass is 10.0. The molecule has 0 N–H and O–H groups in total. The summed E-state index contributed by atoms with van der Waals surface area (Å²) in [5.41, 5.74) is 4.93. The third-order valence-corrected chi connectivity index (χ3v) is 7.25. The molecule has 184 valence electrons. The van der Waals surface area contributed by atoms with Crippen molar-refractivity contribution in [3.05, 3.63) is 72.1 Å². The maximum absolute atomic E-state index is 6.63. The van der Waals surface area contributed by atoms with Crippen molar-refractivity contribution in [1.82, 2.24) is 19.8 Å². The summed E-state index contributed by atoms with van der Waals surface area (Å²) in [6.45, 7) is 9.47. The van der Waals surface area contributed by atoms with E-state index in [1.54, 1.807) is 0 Å². The zero-order chi connectivity index (χ0) is 24.0. The van der Waals surface area contributed by atoms with Gasteiger partial charge in [-0.3, -0.25) is 4.90 Å². The molecule has 0 bridgehead atoms. The molecule has 6 heteroatoms. The molecule has 2 aliphatic heterocycles. The van der Waals surface area contributed by atoms with Gasteiger partial charge in [0, 0.05) is 76.6 Å². The number of piperidine rings is 1. The van der Waals surface area contributed by atoms with Crippen LogP contribution < -0.4 is 9.64 Å². The van der Waals surface area contributed by atoms with Gasteiger partial charge in [0.2, 0.25) is 5.95 Å². The van der Waals surface area contributed by atoms with E-state index in [1.165, 1.54) is 22.3 Å². The van der Waals surface area contributed by atoms with Crippen LogP contribution in [0.25, 0.3) is 11.1 Å². The van der Waals surface area contributed by atoms with Gasteiger partial charge in [0.1, 0.15) is 11.9 Å². The number of aromatic nitrogens is 2. The first-order valence-electron chi connectivity index (χ1n) is 13.0. The molecule has 0 unspecified atom stereocenters. The van der Waals surface area contributed by atoms with Crippen LogP contribution in [-0.4, -0.2) is 72.2 Å². The summed E-state index contributed by atoms with van der Waals surface area (Å²) in [6.07, 6.45) is 6.99. The molecule has 6 nitrogen and oxygen atoms in total. The van der Waals surface area contributed by atoms with Crippen molar-refractivity contribution < 1.29 is 4.74 Å². The fourth-order valence-corrected chi connectivity index (χ4v) is 4.93. The maximum Gasteiger partial charge on any atom is 0.225 e. The van der Waals surface area contributed by atoms with E-state index >= 15 is 0 Å². The van der Waals surface area contributed by atoms with Gasteiger partial charge in [0.15, 0.2) is 0 Å². The average Bonchev–Trinajstić information content (AvgIpc) is 2.92. The first-order valence-corrected chi connectivity index (χ1v) is 13.0. The Labute approximate surface area is 209 Å². The van der Waals surface area contributed by atoms with Crippen molar-refractivity contribution in [2.24, 2.45) is 0 Å². The normalized spacial score (nSPS) is 18.1. The lowest BCUT2D eigenvalue weighted by molar-refractivity contribution is 0.148. The number of hydrogen-bond donors (Lipinski definition) is 0. The van der Waals surface area contributed by atoms with E-state index in [2.05, 4.69) is 87.2 Å². The van der Waals surface area contributed by atoms with Crippen molar-refractivity contribution in [2.45, 2.75) is 38.8 Å². The van der Waals surface area contributed by atoms with Crippen LogP contribution in [0.1, 0.15) is 30.9 Å². The van der Waals surface area contributed by atoms with E-state index in [4.69, 9.17) is 4.74 Å². The van der Waals surface area contributed by atoms with E-state index in [9.17, 15) is 0 Å². The molecule has 2 aliphatic rings. The number of hydrogen-bond acceptors (Lipinski definition) is 6. The summed E-state index contributed by atoms with van der Waals surface area (Å²) in [5, 5.41) is 0. The Morgan fingerprint density at radius 2 is 1.57 bits per heavy atom. The molecule has 2 aromatic carbocycles. The standard InChI is InChI=1S/C29H37N5O/c1-3-23-20-30-29(31-21-23)34-13-11-26(12-14-34)35-28-10-9-24(22-33-17-15-32(2)16-18-33)19-27(28)25-7-5-4-6-8-25/h4-10,19-21,26H,3,11-18,22H2,1-2H3. The van der Waals surface area contributed by atoms with E-state index < -0.39 is 0 Å². The highest BCUT2D eigenvalue weighted by molar-refractivity contribution is 5.71. The van der Waals surface area contributed by atoms with Gasteiger partial charge < -0.3 is 14.5 Å². The molecule has 0 saturated carbocycles. The van der Waals surface area contributed by atoms with Crippen molar-refractivity contribution in [3.63, 3.8) is 0 Å². The SMILES string of the molecule is CCc1cnc(N2CCC(Oc3ccc(CN4CCN(C)CC4)cc3-c3ccccc3)CC2)nc1. The summed E-state index contributed by atoms with van der Waals surface area (Å²) in [6, 6.07) is 17.4. The number of anilines is 1. The van der Waals surface area contributed by atoms with Gasteiger partial charge in [-0.2, -0.15) is 0 Å². The molecule has 1 aromatic heterocycles. The summed E-state index contributed by atoms with van der Waals surface area (Å²) in [5.74, 6) is 1.82. The second-order valence-electron chi connectivity index (χ2n) is 9.83. The van der Waals surface area contributed by atoms with Crippen LogP contribution >= 0.6 is 0 Å². The Morgan fingerprint density at radius 3 is 2.26 bits per heavy atom. The number of likely N-dealkylation sites (N-methyl/N-ethyl adjacent to an activating group) is 1. The molecule has 35 heavy (non-hydrogen) atoms. The lowest BCUT2D eigenvalue weighted by Gasteiger charge is -2.33. The molecule has 0 aliphatic carbocycles. The number of rotatable bonds is 7. The van der Waals surface area contributed by atoms with Crippen LogP contribution in [0.4, 0.5) is 5.95 Å². The Morgan fingerprint density at radius 1 is 0.857 bits per heavy atom.